The SMILES string of the molecule is CCl.[NH3+]CCC/C=C(\F)C(=O)O. The van der Waals surface area contributed by atoms with Crippen molar-refractivity contribution >= 4 is 17.6 Å². The van der Waals surface area contributed by atoms with Crippen LogP contribution in [0.4, 0.5) is 4.39 Å². The van der Waals surface area contributed by atoms with Gasteiger partial charge in [-0.1, -0.05) is 0 Å². The maximum atomic E-state index is 12.1. The van der Waals surface area contributed by atoms with Gasteiger partial charge in [-0.3, -0.25) is 0 Å². The van der Waals surface area contributed by atoms with Crippen LogP contribution in [0.1, 0.15) is 12.8 Å². The van der Waals surface area contributed by atoms with E-state index in [1.165, 1.54) is 6.38 Å². The third-order valence-corrected chi connectivity index (χ3v) is 0.982. The highest BCUT2D eigenvalue weighted by Gasteiger charge is 2.02. The number of rotatable bonds is 4. The third kappa shape index (κ3) is 9.39. The van der Waals surface area contributed by atoms with E-state index in [1.807, 2.05) is 0 Å². The van der Waals surface area contributed by atoms with Crippen LogP contribution in [-0.4, -0.2) is 24.0 Å². The van der Waals surface area contributed by atoms with Crippen LogP contribution >= 0.6 is 11.6 Å². The molecule has 0 saturated heterocycles. The number of halogens is 2. The van der Waals surface area contributed by atoms with Gasteiger partial charge in [0.1, 0.15) is 0 Å². The standard InChI is InChI=1S/C6H10FNO2.CH3Cl/c7-5(6(9)10)3-1-2-4-8;1-2/h3H,1-2,4,8H2,(H,9,10);1H3/p+1/b5-3-;. The predicted octanol–water partition coefficient (Wildman–Crippen LogP) is 0.801. The minimum absolute atomic E-state index is 0.446. The first-order valence-corrected chi connectivity index (χ1v) is 4.20. The Morgan fingerprint density at radius 2 is 2.17 bits per heavy atom. The molecule has 5 heteroatoms. The van der Waals surface area contributed by atoms with Crippen LogP contribution < -0.4 is 5.73 Å². The van der Waals surface area contributed by atoms with Crippen molar-refractivity contribution in [2.24, 2.45) is 0 Å². The molecule has 0 aliphatic carbocycles. The second-order valence-electron chi connectivity index (χ2n) is 1.85. The molecule has 0 aliphatic rings. The molecule has 3 nitrogen and oxygen atoms in total. The predicted molar refractivity (Wildman–Crippen MR) is 45.6 cm³/mol. The lowest BCUT2D eigenvalue weighted by atomic mass is 10.3. The zero-order valence-corrected chi connectivity index (χ0v) is 7.77. The average Bonchev–Trinajstić information content (AvgIpc) is 2.08. The van der Waals surface area contributed by atoms with E-state index in [0.717, 1.165) is 12.5 Å². The quantitative estimate of drug-likeness (QED) is 0.399. The molecule has 0 spiro atoms. The van der Waals surface area contributed by atoms with Crippen LogP contribution in [0.15, 0.2) is 11.9 Å². The summed E-state index contributed by atoms with van der Waals surface area (Å²) in [6.45, 7) is 0.698. The molecule has 4 N–H and O–H groups in total. The van der Waals surface area contributed by atoms with Gasteiger partial charge in [-0.05, 0) is 18.9 Å². The molecular formula is C7H14ClFNO2+. The van der Waals surface area contributed by atoms with Crippen molar-refractivity contribution in [2.75, 3.05) is 12.9 Å². The molecule has 0 atom stereocenters. The molecule has 0 aliphatic heterocycles. The van der Waals surface area contributed by atoms with E-state index in [4.69, 9.17) is 5.11 Å². The summed E-state index contributed by atoms with van der Waals surface area (Å²) in [7, 11) is 0. The highest BCUT2D eigenvalue weighted by molar-refractivity contribution is 6.15. The molecule has 0 aromatic carbocycles. The number of carbonyl (C=O) groups is 1. The summed E-state index contributed by atoms with van der Waals surface area (Å²) in [6, 6.07) is 0. The molecule has 0 bridgehead atoms. The maximum absolute atomic E-state index is 12.1. The first-order valence-electron chi connectivity index (χ1n) is 3.44. The van der Waals surface area contributed by atoms with Crippen LogP contribution in [0, 0.1) is 0 Å². The maximum Gasteiger partial charge on any atom is 0.364 e. The Kier molecular flexibility index (Phi) is 12.1. The van der Waals surface area contributed by atoms with Gasteiger partial charge in [0, 0.05) is 6.38 Å². The number of hydrogen-bond acceptors (Lipinski definition) is 1. The molecule has 0 aromatic rings. The Bertz CT molecular complexity index is 150. The van der Waals surface area contributed by atoms with Crippen molar-refractivity contribution in [1.29, 1.82) is 0 Å². The molecular weight excluding hydrogens is 185 g/mol. The molecule has 12 heavy (non-hydrogen) atoms. The van der Waals surface area contributed by atoms with Gasteiger partial charge in [-0.15, -0.1) is 11.6 Å². The van der Waals surface area contributed by atoms with E-state index in [-0.39, 0.29) is 0 Å². The van der Waals surface area contributed by atoms with Crippen LogP contribution in [-0.2, 0) is 4.79 Å². The molecule has 0 aromatic heterocycles. The van der Waals surface area contributed by atoms with Crippen LogP contribution in [0.25, 0.3) is 0 Å². The molecule has 0 fully saturated rings. The number of hydrogen-bond donors (Lipinski definition) is 2. The third-order valence-electron chi connectivity index (χ3n) is 0.982. The van der Waals surface area contributed by atoms with Crippen molar-refractivity contribution < 1.29 is 20.0 Å². The van der Waals surface area contributed by atoms with Crippen LogP contribution in [0.5, 0.6) is 0 Å². The van der Waals surface area contributed by atoms with E-state index in [9.17, 15) is 9.18 Å². The van der Waals surface area contributed by atoms with Crippen LogP contribution in [0.2, 0.25) is 0 Å². The molecule has 0 rings (SSSR count). The highest BCUT2D eigenvalue weighted by Crippen LogP contribution is 1.99. The summed E-state index contributed by atoms with van der Waals surface area (Å²) >= 11 is 4.64. The smallest absolute Gasteiger partial charge is 0.364 e. The fourth-order valence-electron chi connectivity index (χ4n) is 0.460. The summed E-state index contributed by atoms with van der Waals surface area (Å²) < 4.78 is 12.1. The lowest BCUT2D eigenvalue weighted by Gasteiger charge is -1.87. The van der Waals surface area contributed by atoms with Crippen molar-refractivity contribution in [2.45, 2.75) is 12.8 Å². The normalized spacial score (nSPS) is 10.2. The minimum Gasteiger partial charge on any atom is -0.476 e. The van der Waals surface area contributed by atoms with Crippen molar-refractivity contribution in [3.05, 3.63) is 11.9 Å². The van der Waals surface area contributed by atoms with Crippen LogP contribution in [0.3, 0.4) is 0 Å². The van der Waals surface area contributed by atoms with Gasteiger partial charge >= 0.3 is 5.97 Å². The Morgan fingerprint density at radius 1 is 1.67 bits per heavy atom. The van der Waals surface area contributed by atoms with Gasteiger partial charge in [0.25, 0.3) is 0 Å². The van der Waals surface area contributed by atoms with Gasteiger partial charge in [0.2, 0.25) is 5.83 Å². The van der Waals surface area contributed by atoms with E-state index in [1.54, 1.807) is 0 Å². The van der Waals surface area contributed by atoms with Gasteiger partial charge < -0.3 is 10.8 Å². The van der Waals surface area contributed by atoms with E-state index >= 15 is 0 Å². The number of carboxylic acids is 1. The fourth-order valence-corrected chi connectivity index (χ4v) is 0.460. The number of quaternary nitrogens is 1. The van der Waals surface area contributed by atoms with E-state index in [2.05, 4.69) is 17.3 Å². The largest absolute Gasteiger partial charge is 0.476 e. The Balaban J connectivity index is 0. The Labute approximate surface area is 76.0 Å². The second-order valence-corrected chi connectivity index (χ2v) is 1.85. The van der Waals surface area contributed by atoms with E-state index in [0.29, 0.717) is 13.0 Å². The molecule has 0 amide bonds. The summed E-state index contributed by atoms with van der Waals surface area (Å²) in [6.07, 6.45) is 3.70. The molecule has 72 valence electrons. The average molecular weight is 199 g/mol. The number of carboxylic acid groups (broad SMARTS) is 1. The van der Waals surface area contributed by atoms with Crippen molar-refractivity contribution in [3.63, 3.8) is 0 Å². The van der Waals surface area contributed by atoms with Gasteiger partial charge in [-0.25, -0.2) is 4.79 Å². The number of allylic oxidation sites excluding steroid dienone is 1. The van der Waals surface area contributed by atoms with E-state index < -0.39 is 11.8 Å². The summed E-state index contributed by atoms with van der Waals surface area (Å²) in [4.78, 5) is 9.83. The molecule has 0 unspecified atom stereocenters. The summed E-state index contributed by atoms with van der Waals surface area (Å²) in [5.74, 6) is -2.57. The monoisotopic (exact) mass is 198 g/mol. The molecule has 0 radical (unpaired) electrons. The van der Waals surface area contributed by atoms with Crippen molar-refractivity contribution in [3.8, 4) is 0 Å². The molecule has 0 saturated carbocycles. The van der Waals surface area contributed by atoms with Gasteiger partial charge in [-0.2, -0.15) is 4.39 Å². The zero-order valence-electron chi connectivity index (χ0n) is 7.02. The summed E-state index contributed by atoms with van der Waals surface area (Å²) in [5, 5.41) is 8.02. The Morgan fingerprint density at radius 3 is 2.50 bits per heavy atom. The Hall–Kier alpha value is -0.610. The number of unbranched alkanes of at least 4 members (excludes halogenated alkanes) is 1. The zero-order chi connectivity index (χ0) is 9.98. The topological polar surface area (TPSA) is 64.9 Å². The fraction of sp³-hybridized carbons (Fsp3) is 0.571. The van der Waals surface area contributed by atoms with Crippen molar-refractivity contribution in [1.82, 2.24) is 0 Å². The first-order chi connectivity index (χ1) is 5.68. The molecule has 0 heterocycles. The number of aliphatic carboxylic acids is 1. The lowest BCUT2D eigenvalue weighted by molar-refractivity contribution is -0.368. The first kappa shape index (κ1) is 13.9. The highest BCUT2D eigenvalue weighted by atomic mass is 35.5. The van der Waals surface area contributed by atoms with Gasteiger partial charge in [0.05, 0.1) is 6.54 Å². The second kappa shape index (κ2) is 10.4. The lowest BCUT2D eigenvalue weighted by Crippen LogP contribution is -2.49. The van der Waals surface area contributed by atoms with Gasteiger partial charge in [0.15, 0.2) is 0 Å². The summed E-state index contributed by atoms with van der Waals surface area (Å²) in [5.41, 5.74) is 3.53. The number of alkyl halides is 1. The minimum atomic E-state index is -1.50.